The van der Waals surface area contributed by atoms with Crippen molar-refractivity contribution in [2.45, 2.75) is 12.5 Å². The molecule has 20 heavy (non-hydrogen) atoms. The van der Waals surface area contributed by atoms with Crippen molar-refractivity contribution >= 4 is 44.9 Å². The van der Waals surface area contributed by atoms with Crippen molar-refractivity contribution in [3.8, 4) is 5.75 Å². The molecule has 1 unspecified atom stereocenters. The van der Waals surface area contributed by atoms with E-state index in [1.165, 1.54) is 0 Å². The molecule has 2 aromatic rings. The maximum absolute atomic E-state index is 12.2. The Kier molecular flexibility index (Phi) is 3.76. The van der Waals surface area contributed by atoms with E-state index in [9.17, 15) is 4.79 Å². The largest absolute Gasteiger partial charge is 0.484 e. The zero-order chi connectivity index (χ0) is 14.3. The van der Waals surface area contributed by atoms with Crippen molar-refractivity contribution in [3.05, 3.63) is 62.0 Å². The minimum Gasteiger partial charge on any atom is -0.484 e. The molecular formula is C15H9BrCl2O2. The molecule has 0 N–H and O–H groups in total. The molecule has 102 valence electrons. The number of rotatable bonds is 1. The van der Waals surface area contributed by atoms with Crippen LogP contribution in [0.4, 0.5) is 0 Å². The third-order valence-electron chi connectivity index (χ3n) is 3.19. The maximum Gasteiger partial charge on any atom is 0.170 e. The van der Waals surface area contributed by atoms with E-state index in [0.717, 1.165) is 10.0 Å². The molecule has 0 saturated heterocycles. The van der Waals surface area contributed by atoms with Gasteiger partial charge in [0.1, 0.15) is 11.9 Å². The molecule has 2 aromatic carbocycles. The van der Waals surface area contributed by atoms with Gasteiger partial charge in [-0.1, -0.05) is 39.1 Å². The molecule has 0 saturated carbocycles. The van der Waals surface area contributed by atoms with Gasteiger partial charge in [-0.15, -0.1) is 0 Å². The number of ketones is 1. The van der Waals surface area contributed by atoms with E-state index in [-0.39, 0.29) is 12.2 Å². The second kappa shape index (κ2) is 5.40. The topological polar surface area (TPSA) is 26.3 Å². The van der Waals surface area contributed by atoms with Gasteiger partial charge in [-0.05, 0) is 36.4 Å². The van der Waals surface area contributed by atoms with Crippen molar-refractivity contribution in [1.82, 2.24) is 0 Å². The minimum atomic E-state index is -0.407. The van der Waals surface area contributed by atoms with Crippen molar-refractivity contribution in [1.29, 1.82) is 0 Å². The standard InChI is InChI=1S/C15H9BrCl2O2/c16-8-1-3-10-13(19)7-15(20-14(10)5-8)11-6-9(17)2-4-12(11)18/h1-6,15H,7H2. The van der Waals surface area contributed by atoms with Crippen LogP contribution in [0.5, 0.6) is 5.75 Å². The molecule has 0 aliphatic carbocycles. The monoisotopic (exact) mass is 370 g/mol. The fourth-order valence-corrected chi connectivity index (χ4v) is 2.99. The van der Waals surface area contributed by atoms with Gasteiger partial charge in [0, 0.05) is 20.1 Å². The lowest BCUT2D eigenvalue weighted by molar-refractivity contribution is 0.0850. The van der Waals surface area contributed by atoms with Crippen molar-refractivity contribution < 1.29 is 9.53 Å². The summed E-state index contributed by atoms with van der Waals surface area (Å²) in [4.78, 5) is 12.2. The predicted octanol–water partition coefficient (Wildman–Crippen LogP) is 5.46. The summed E-state index contributed by atoms with van der Waals surface area (Å²) in [6, 6.07) is 10.5. The van der Waals surface area contributed by atoms with Crippen LogP contribution in [0.1, 0.15) is 28.4 Å². The molecule has 0 amide bonds. The summed E-state index contributed by atoms with van der Waals surface area (Å²) < 4.78 is 6.77. The number of hydrogen-bond donors (Lipinski definition) is 0. The van der Waals surface area contributed by atoms with Gasteiger partial charge in [0.05, 0.1) is 12.0 Å². The van der Waals surface area contributed by atoms with E-state index < -0.39 is 6.10 Å². The molecule has 1 aliphatic rings. The summed E-state index contributed by atoms with van der Waals surface area (Å²) in [5, 5.41) is 1.12. The Morgan fingerprint density at radius 1 is 1.15 bits per heavy atom. The highest BCUT2D eigenvalue weighted by Crippen LogP contribution is 2.39. The zero-order valence-corrected chi connectivity index (χ0v) is 13.3. The van der Waals surface area contributed by atoms with Crippen LogP contribution in [0.3, 0.4) is 0 Å². The lowest BCUT2D eigenvalue weighted by atomic mass is 9.96. The van der Waals surface area contributed by atoms with Gasteiger partial charge in [0.15, 0.2) is 5.78 Å². The van der Waals surface area contributed by atoms with Crippen LogP contribution in [0, 0.1) is 0 Å². The number of Topliss-reactive ketones (excluding diaryl/α,β-unsaturated/α-hetero) is 1. The van der Waals surface area contributed by atoms with Crippen molar-refractivity contribution in [2.24, 2.45) is 0 Å². The molecule has 5 heteroatoms. The predicted molar refractivity (Wildman–Crippen MR) is 82.9 cm³/mol. The van der Waals surface area contributed by atoms with E-state index in [0.29, 0.717) is 21.4 Å². The van der Waals surface area contributed by atoms with Gasteiger partial charge < -0.3 is 4.74 Å². The first-order valence-electron chi connectivity index (χ1n) is 5.99. The highest BCUT2D eigenvalue weighted by atomic mass is 79.9. The Balaban J connectivity index is 2.02. The van der Waals surface area contributed by atoms with E-state index in [1.807, 2.05) is 6.07 Å². The Hall–Kier alpha value is -1.03. The van der Waals surface area contributed by atoms with Gasteiger partial charge in [-0.3, -0.25) is 4.79 Å². The number of ether oxygens (including phenoxy) is 1. The van der Waals surface area contributed by atoms with Gasteiger partial charge in [0.25, 0.3) is 0 Å². The van der Waals surface area contributed by atoms with E-state index in [2.05, 4.69) is 15.9 Å². The summed E-state index contributed by atoms with van der Waals surface area (Å²) >= 11 is 15.5. The third kappa shape index (κ3) is 2.58. The summed E-state index contributed by atoms with van der Waals surface area (Å²) in [5.74, 6) is 0.608. The molecule has 2 nitrogen and oxygen atoms in total. The number of benzene rings is 2. The Morgan fingerprint density at radius 3 is 2.75 bits per heavy atom. The molecule has 1 heterocycles. The van der Waals surface area contributed by atoms with Crippen LogP contribution in [0.2, 0.25) is 10.0 Å². The van der Waals surface area contributed by atoms with Crippen LogP contribution < -0.4 is 4.74 Å². The lowest BCUT2D eigenvalue weighted by Gasteiger charge is -2.26. The van der Waals surface area contributed by atoms with Crippen LogP contribution in [0.25, 0.3) is 0 Å². The molecule has 3 rings (SSSR count). The number of hydrogen-bond acceptors (Lipinski definition) is 2. The van der Waals surface area contributed by atoms with Crippen LogP contribution in [0.15, 0.2) is 40.9 Å². The quantitative estimate of drug-likeness (QED) is 0.665. The van der Waals surface area contributed by atoms with E-state index >= 15 is 0 Å². The third-order valence-corrected chi connectivity index (χ3v) is 4.26. The smallest absolute Gasteiger partial charge is 0.170 e. The van der Waals surface area contributed by atoms with Gasteiger partial charge in [0.2, 0.25) is 0 Å². The van der Waals surface area contributed by atoms with Gasteiger partial charge >= 0.3 is 0 Å². The Bertz CT molecular complexity index is 700. The minimum absolute atomic E-state index is 0.0415. The number of fused-ring (bicyclic) bond motifs is 1. The number of carbonyl (C=O) groups is 1. The number of carbonyl (C=O) groups excluding carboxylic acids is 1. The molecule has 0 aromatic heterocycles. The SMILES string of the molecule is O=C1CC(c2cc(Cl)ccc2Cl)Oc2cc(Br)ccc21. The maximum atomic E-state index is 12.2. The molecule has 0 radical (unpaired) electrons. The highest BCUT2D eigenvalue weighted by molar-refractivity contribution is 9.10. The fourth-order valence-electron chi connectivity index (χ4n) is 2.23. The van der Waals surface area contributed by atoms with E-state index in [1.54, 1.807) is 30.3 Å². The van der Waals surface area contributed by atoms with E-state index in [4.69, 9.17) is 27.9 Å². The zero-order valence-electron chi connectivity index (χ0n) is 10.2. The lowest BCUT2D eigenvalue weighted by Crippen LogP contribution is -2.20. The normalized spacial score (nSPS) is 17.6. The van der Waals surface area contributed by atoms with Gasteiger partial charge in [-0.25, -0.2) is 0 Å². The molecule has 1 atom stereocenters. The molecule has 1 aliphatic heterocycles. The van der Waals surface area contributed by atoms with Crippen LogP contribution >= 0.6 is 39.1 Å². The first-order chi connectivity index (χ1) is 9.54. The first-order valence-corrected chi connectivity index (χ1v) is 7.54. The average molecular weight is 372 g/mol. The molecule has 0 spiro atoms. The second-order valence-electron chi connectivity index (χ2n) is 4.54. The summed E-state index contributed by atoms with van der Waals surface area (Å²) in [5.41, 5.74) is 1.33. The highest BCUT2D eigenvalue weighted by Gasteiger charge is 2.29. The fraction of sp³-hybridized carbons (Fsp3) is 0.133. The number of halogens is 3. The summed E-state index contributed by atoms with van der Waals surface area (Å²) in [6.07, 6.45) is -0.148. The molecule has 0 fully saturated rings. The van der Waals surface area contributed by atoms with Gasteiger partial charge in [-0.2, -0.15) is 0 Å². The summed E-state index contributed by atoms with van der Waals surface area (Å²) in [7, 11) is 0. The van der Waals surface area contributed by atoms with Crippen molar-refractivity contribution in [3.63, 3.8) is 0 Å². The Labute approximate surface area is 134 Å². The van der Waals surface area contributed by atoms with Crippen LogP contribution in [-0.4, -0.2) is 5.78 Å². The first kappa shape index (κ1) is 13.9. The Morgan fingerprint density at radius 2 is 1.95 bits per heavy atom. The average Bonchev–Trinajstić information content (AvgIpc) is 2.41. The van der Waals surface area contributed by atoms with Crippen LogP contribution in [-0.2, 0) is 0 Å². The molecular weight excluding hydrogens is 363 g/mol. The second-order valence-corrected chi connectivity index (χ2v) is 6.30. The van der Waals surface area contributed by atoms with Crippen molar-refractivity contribution in [2.75, 3.05) is 0 Å². The molecule has 0 bridgehead atoms. The summed E-state index contributed by atoms with van der Waals surface area (Å²) in [6.45, 7) is 0.